The molecule has 0 amide bonds. The predicted molar refractivity (Wildman–Crippen MR) is 46.2 cm³/mol. The van der Waals surface area contributed by atoms with E-state index < -0.39 is 0 Å². The Kier molecular flexibility index (Phi) is 1.53. The maximum Gasteiger partial charge on any atom is 0.256 e. The van der Waals surface area contributed by atoms with E-state index in [0.717, 1.165) is 11.4 Å². The Labute approximate surface area is 71.1 Å². The molecule has 1 aromatic heterocycles. The molecule has 1 aliphatic rings. The first-order valence-electron chi connectivity index (χ1n) is 4.22. The predicted octanol–water partition coefficient (Wildman–Crippen LogP) is 0.966. The second kappa shape index (κ2) is 2.44. The van der Waals surface area contributed by atoms with Crippen LogP contribution in [0.15, 0.2) is 11.0 Å². The van der Waals surface area contributed by atoms with Gasteiger partial charge in [-0.1, -0.05) is 0 Å². The van der Waals surface area contributed by atoms with Crippen LogP contribution in [-0.4, -0.2) is 9.55 Å². The van der Waals surface area contributed by atoms with E-state index in [9.17, 15) is 4.79 Å². The van der Waals surface area contributed by atoms with Crippen molar-refractivity contribution >= 4 is 0 Å². The van der Waals surface area contributed by atoms with Crippen molar-refractivity contribution < 1.29 is 0 Å². The highest BCUT2D eigenvalue weighted by Gasteiger charge is 2.27. The molecule has 1 aliphatic carbocycles. The number of hydrogen-bond donors (Lipinski definition) is 0. The first-order chi connectivity index (χ1) is 5.70. The molecule has 12 heavy (non-hydrogen) atoms. The number of aromatic nitrogens is 2. The monoisotopic (exact) mass is 164 g/mol. The average Bonchev–Trinajstić information content (AvgIpc) is 2.84. The minimum atomic E-state index is 0.0897. The molecule has 0 saturated heterocycles. The van der Waals surface area contributed by atoms with E-state index in [4.69, 9.17) is 0 Å². The van der Waals surface area contributed by atoms with Crippen molar-refractivity contribution in [1.82, 2.24) is 9.55 Å². The zero-order valence-electron chi connectivity index (χ0n) is 7.37. The summed E-state index contributed by atoms with van der Waals surface area (Å²) in [6.45, 7) is 1.80. The highest BCUT2D eigenvalue weighted by Crippen LogP contribution is 2.37. The lowest BCUT2D eigenvalue weighted by atomic mass is 10.3. The molecular weight excluding hydrogens is 152 g/mol. The van der Waals surface area contributed by atoms with Crippen molar-refractivity contribution in [3.63, 3.8) is 0 Å². The topological polar surface area (TPSA) is 34.9 Å². The normalized spacial score (nSPS) is 16.5. The maximum atomic E-state index is 11.4. The summed E-state index contributed by atoms with van der Waals surface area (Å²) in [5, 5.41) is 0. The molecule has 0 bridgehead atoms. The van der Waals surface area contributed by atoms with Crippen LogP contribution in [0.2, 0.25) is 0 Å². The maximum absolute atomic E-state index is 11.4. The lowest BCUT2D eigenvalue weighted by molar-refractivity contribution is 0.722. The Hall–Kier alpha value is -1.12. The molecular formula is C9H12N2O. The summed E-state index contributed by atoms with van der Waals surface area (Å²) in [5.74, 6) is 1.49. The minimum Gasteiger partial charge on any atom is -0.299 e. The Balaban J connectivity index is 2.57. The van der Waals surface area contributed by atoms with E-state index in [0.29, 0.717) is 5.92 Å². The fourth-order valence-corrected chi connectivity index (χ4v) is 1.39. The molecule has 0 unspecified atom stereocenters. The molecule has 0 aliphatic heterocycles. The zero-order valence-corrected chi connectivity index (χ0v) is 7.37. The molecule has 3 heteroatoms. The lowest BCUT2D eigenvalue weighted by Crippen LogP contribution is -2.23. The van der Waals surface area contributed by atoms with E-state index in [1.807, 2.05) is 0 Å². The Morgan fingerprint density at radius 3 is 2.83 bits per heavy atom. The van der Waals surface area contributed by atoms with Crippen molar-refractivity contribution in [2.45, 2.75) is 25.7 Å². The Bertz CT molecular complexity index is 363. The van der Waals surface area contributed by atoms with Crippen LogP contribution in [0.1, 0.15) is 30.1 Å². The SMILES string of the molecule is Cc1cnc(C2CC2)n(C)c1=O. The van der Waals surface area contributed by atoms with E-state index in [2.05, 4.69) is 4.98 Å². The van der Waals surface area contributed by atoms with Gasteiger partial charge in [0.2, 0.25) is 0 Å². The Morgan fingerprint density at radius 2 is 2.25 bits per heavy atom. The van der Waals surface area contributed by atoms with Crippen molar-refractivity contribution in [1.29, 1.82) is 0 Å². The number of hydrogen-bond acceptors (Lipinski definition) is 2. The first kappa shape index (κ1) is 7.53. The fourth-order valence-electron chi connectivity index (χ4n) is 1.39. The van der Waals surface area contributed by atoms with E-state index in [1.54, 1.807) is 24.7 Å². The van der Waals surface area contributed by atoms with Gasteiger partial charge in [0.1, 0.15) is 5.82 Å². The third kappa shape index (κ3) is 1.05. The van der Waals surface area contributed by atoms with Gasteiger partial charge in [-0.3, -0.25) is 9.36 Å². The van der Waals surface area contributed by atoms with Gasteiger partial charge in [0, 0.05) is 24.7 Å². The van der Waals surface area contributed by atoms with Gasteiger partial charge in [0.15, 0.2) is 0 Å². The molecule has 2 rings (SSSR count). The molecule has 0 N–H and O–H groups in total. The van der Waals surface area contributed by atoms with Gasteiger partial charge in [-0.25, -0.2) is 4.98 Å². The van der Waals surface area contributed by atoms with E-state index in [-0.39, 0.29) is 5.56 Å². The molecule has 0 spiro atoms. The van der Waals surface area contributed by atoms with Gasteiger partial charge in [0.05, 0.1) is 0 Å². The molecule has 3 nitrogen and oxygen atoms in total. The van der Waals surface area contributed by atoms with E-state index >= 15 is 0 Å². The van der Waals surface area contributed by atoms with Crippen LogP contribution >= 0.6 is 0 Å². The van der Waals surface area contributed by atoms with E-state index in [1.165, 1.54) is 12.8 Å². The van der Waals surface area contributed by atoms with Crippen LogP contribution in [-0.2, 0) is 7.05 Å². The number of aryl methyl sites for hydroxylation is 1. The first-order valence-corrected chi connectivity index (χ1v) is 4.22. The average molecular weight is 164 g/mol. The molecule has 1 saturated carbocycles. The van der Waals surface area contributed by atoms with Gasteiger partial charge >= 0.3 is 0 Å². The Morgan fingerprint density at radius 1 is 1.58 bits per heavy atom. The number of rotatable bonds is 1. The molecule has 64 valence electrons. The van der Waals surface area contributed by atoms with Crippen LogP contribution < -0.4 is 5.56 Å². The summed E-state index contributed by atoms with van der Waals surface area (Å²) < 4.78 is 1.67. The van der Waals surface area contributed by atoms with Crippen LogP contribution in [0.3, 0.4) is 0 Å². The van der Waals surface area contributed by atoms with Gasteiger partial charge in [-0.05, 0) is 19.8 Å². The third-order valence-electron chi connectivity index (χ3n) is 2.32. The second-order valence-corrected chi connectivity index (χ2v) is 3.44. The van der Waals surface area contributed by atoms with Crippen molar-refractivity contribution in [2.24, 2.45) is 7.05 Å². The molecule has 1 heterocycles. The minimum absolute atomic E-state index is 0.0897. The smallest absolute Gasteiger partial charge is 0.256 e. The molecule has 0 atom stereocenters. The molecule has 1 fully saturated rings. The molecule has 1 aromatic rings. The van der Waals surface area contributed by atoms with Gasteiger partial charge in [-0.2, -0.15) is 0 Å². The standard InChI is InChI=1S/C9H12N2O/c1-6-5-10-8(7-3-4-7)11(2)9(6)12/h5,7H,3-4H2,1-2H3. The second-order valence-electron chi connectivity index (χ2n) is 3.44. The van der Waals surface area contributed by atoms with Crippen LogP contribution in [0.4, 0.5) is 0 Å². The van der Waals surface area contributed by atoms with Crippen LogP contribution in [0.25, 0.3) is 0 Å². The molecule has 0 radical (unpaired) electrons. The largest absolute Gasteiger partial charge is 0.299 e. The summed E-state index contributed by atoms with van der Waals surface area (Å²) in [5.41, 5.74) is 0.814. The van der Waals surface area contributed by atoms with Crippen molar-refractivity contribution in [3.8, 4) is 0 Å². The summed E-state index contributed by atoms with van der Waals surface area (Å²) in [7, 11) is 1.80. The van der Waals surface area contributed by atoms with Crippen molar-refractivity contribution in [2.75, 3.05) is 0 Å². The zero-order chi connectivity index (χ0) is 8.72. The summed E-state index contributed by atoms with van der Waals surface area (Å²) >= 11 is 0. The summed E-state index contributed by atoms with van der Waals surface area (Å²) in [6.07, 6.45) is 4.04. The van der Waals surface area contributed by atoms with Crippen LogP contribution in [0.5, 0.6) is 0 Å². The van der Waals surface area contributed by atoms with Gasteiger partial charge in [-0.15, -0.1) is 0 Å². The van der Waals surface area contributed by atoms with Crippen molar-refractivity contribution in [3.05, 3.63) is 27.9 Å². The quantitative estimate of drug-likeness (QED) is 0.619. The highest BCUT2D eigenvalue weighted by atomic mass is 16.1. The highest BCUT2D eigenvalue weighted by molar-refractivity contribution is 5.11. The fraction of sp³-hybridized carbons (Fsp3) is 0.556. The van der Waals surface area contributed by atoms with Gasteiger partial charge < -0.3 is 0 Å². The van der Waals surface area contributed by atoms with Crippen LogP contribution in [0, 0.1) is 6.92 Å². The lowest BCUT2D eigenvalue weighted by Gasteiger charge is -2.05. The summed E-state index contributed by atoms with van der Waals surface area (Å²) in [6, 6.07) is 0. The third-order valence-corrected chi connectivity index (χ3v) is 2.32. The molecule has 0 aromatic carbocycles. The van der Waals surface area contributed by atoms with Gasteiger partial charge in [0.25, 0.3) is 5.56 Å². The summed E-state index contributed by atoms with van der Waals surface area (Å²) in [4.78, 5) is 15.7. The number of nitrogens with zero attached hydrogens (tertiary/aromatic N) is 2.